The average Bonchev–Trinajstić information content (AvgIpc) is 2.66. The lowest BCUT2D eigenvalue weighted by Crippen LogP contribution is -2.47. The van der Waals surface area contributed by atoms with Gasteiger partial charge in [0.05, 0.1) is 0 Å². The van der Waals surface area contributed by atoms with E-state index in [-0.39, 0.29) is 5.57 Å². The lowest BCUT2D eigenvalue weighted by Gasteiger charge is -2.33. The molecule has 7 nitrogen and oxygen atoms in total. The minimum Gasteiger partial charge on any atom is -0.492 e. The van der Waals surface area contributed by atoms with Crippen LogP contribution >= 0.6 is 0 Å². The minimum atomic E-state index is -1.23. The zero-order valence-electron chi connectivity index (χ0n) is 16.8. The number of carbonyl (C=O) groups excluding carboxylic acids is 2. The highest BCUT2D eigenvalue weighted by atomic mass is 16.7. The summed E-state index contributed by atoms with van der Waals surface area (Å²) in [6, 6.07) is 7.24. The Morgan fingerprint density at radius 3 is 2.14 bits per heavy atom. The molecule has 1 aromatic rings. The molecule has 2 saturated heterocycles. The Bertz CT molecular complexity index is 712. The smallest absolute Gasteiger partial charge is 0.348 e. The average molecular weight is 388 g/mol. The van der Waals surface area contributed by atoms with Gasteiger partial charge in [0.1, 0.15) is 17.9 Å². The van der Waals surface area contributed by atoms with E-state index in [1.165, 1.54) is 19.9 Å². The predicted molar refractivity (Wildman–Crippen MR) is 105 cm³/mol. The molecule has 1 aromatic carbocycles. The third kappa shape index (κ3) is 5.33. The van der Waals surface area contributed by atoms with Crippen LogP contribution in [0, 0.1) is 0 Å². The normalized spacial score (nSPS) is 20.5. The molecule has 28 heavy (non-hydrogen) atoms. The van der Waals surface area contributed by atoms with E-state index >= 15 is 0 Å². The van der Waals surface area contributed by atoms with Gasteiger partial charge in [-0.3, -0.25) is 4.90 Å². The Hall–Kier alpha value is -2.38. The van der Waals surface area contributed by atoms with Crippen molar-refractivity contribution < 1.29 is 23.8 Å². The molecule has 0 amide bonds. The Morgan fingerprint density at radius 1 is 1.00 bits per heavy atom. The van der Waals surface area contributed by atoms with E-state index in [9.17, 15) is 9.59 Å². The molecule has 3 rings (SSSR count). The molecule has 0 aromatic heterocycles. The summed E-state index contributed by atoms with van der Waals surface area (Å²) in [6.07, 6.45) is 1.47. The summed E-state index contributed by atoms with van der Waals surface area (Å²) >= 11 is 0. The van der Waals surface area contributed by atoms with Crippen molar-refractivity contribution in [2.75, 3.05) is 45.9 Å². The van der Waals surface area contributed by atoms with Crippen molar-refractivity contribution in [3.05, 3.63) is 35.4 Å². The van der Waals surface area contributed by atoms with Crippen molar-refractivity contribution in [2.24, 2.45) is 0 Å². The fourth-order valence-electron chi connectivity index (χ4n) is 3.23. The highest BCUT2D eigenvalue weighted by Crippen LogP contribution is 2.24. The topological polar surface area (TPSA) is 68.3 Å². The quantitative estimate of drug-likeness (QED) is 0.419. The number of carbonyl (C=O) groups is 2. The molecular formula is C21H28N2O5. The molecule has 0 bridgehead atoms. The number of hydrogen-bond donors (Lipinski definition) is 0. The summed E-state index contributed by atoms with van der Waals surface area (Å²) in [6.45, 7) is 12.3. The van der Waals surface area contributed by atoms with Crippen LogP contribution in [0.1, 0.15) is 26.3 Å². The number of ether oxygens (including phenoxy) is 3. The zero-order chi connectivity index (χ0) is 20.1. The van der Waals surface area contributed by atoms with Crippen molar-refractivity contribution >= 4 is 18.0 Å². The SMILES string of the molecule is CCN1CCN(CCOc2ccc(C=C3C(=O)OC(C)(C)OC3=O)cc2)CC1. The third-order valence-electron chi connectivity index (χ3n) is 4.90. The summed E-state index contributed by atoms with van der Waals surface area (Å²) in [5.74, 6) is -1.83. The van der Waals surface area contributed by atoms with Gasteiger partial charge in [-0.1, -0.05) is 19.1 Å². The van der Waals surface area contributed by atoms with Crippen LogP contribution in [0.4, 0.5) is 0 Å². The minimum absolute atomic E-state index is 0.112. The number of benzene rings is 1. The van der Waals surface area contributed by atoms with E-state index in [2.05, 4.69) is 16.7 Å². The summed E-state index contributed by atoms with van der Waals surface area (Å²) in [5.41, 5.74) is 0.589. The maximum absolute atomic E-state index is 12.0. The summed E-state index contributed by atoms with van der Waals surface area (Å²) in [5, 5.41) is 0. The van der Waals surface area contributed by atoms with Gasteiger partial charge in [0.15, 0.2) is 0 Å². The number of cyclic esters (lactones) is 2. The molecule has 0 N–H and O–H groups in total. The maximum Gasteiger partial charge on any atom is 0.348 e. The fourth-order valence-corrected chi connectivity index (χ4v) is 3.23. The Kier molecular flexibility index (Phi) is 6.36. The Morgan fingerprint density at radius 2 is 1.57 bits per heavy atom. The van der Waals surface area contributed by atoms with Crippen LogP contribution in [0.5, 0.6) is 5.75 Å². The summed E-state index contributed by atoms with van der Waals surface area (Å²) in [7, 11) is 0. The van der Waals surface area contributed by atoms with Crippen molar-refractivity contribution in [3.8, 4) is 5.75 Å². The third-order valence-corrected chi connectivity index (χ3v) is 4.90. The molecule has 0 aliphatic carbocycles. The molecule has 0 atom stereocenters. The largest absolute Gasteiger partial charge is 0.492 e. The molecule has 2 heterocycles. The number of esters is 2. The summed E-state index contributed by atoms with van der Waals surface area (Å²) in [4.78, 5) is 28.9. The van der Waals surface area contributed by atoms with Crippen molar-refractivity contribution in [2.45, 2.75) is 26.6 Å². The van der Waals surface area contributed by atoms with Crippen LogP contribution in [-0.4, -0.2) is 73.4 Å². The van der Waals surface area contributed by atoms with Gasteiger partial charge >= 0.3 is 11.9 Å². The first-order chi connectivity index (χ1) is 13.4. The van der Waals surface area contributed by atoms with Gasteiger partial charge in [0.2, 0.25) is 0 Å². The second kappa shape index (κ2) is 8.75. The molecule has 2 aliphatic rings. The maximum atomic E-state index is 12.0. The van der Waals surface area contributed by atoms with Crippen LogP contribution in [-0.2, 0) is 19.1 Å². The molecule has 152 valence electrons. The molecule has 0 unspecified atom stereocenters. The van der Waals surface area contributed by atoms with Crippen molar-refractivity contribution in [3.63, 3.8) is 0 Å². The number of likely N-dealkylation sites (N-methyl/N-ethyl adjacent to an activating group) is 1. The zero-order valence-corrected chi connectivity index (χ0v) is 16.8. The lowest BCUT2D eigenvalue weighted by molar-refractivity contribution is -0.222. The number of nitrogens with zero attached hydrogens (tertiary/aromatic N) is 2. The van der Waals surface area contributed by atoms with Crippen LogP contribution < -0.4 is 4.74 Å². The second-order valence-corrected chi connectivity index (χ2v) is 7.43. The van der Waals surface area contributed by atoms with Gasteiger partial charge in [-0.15, -0.1) is 0 Å². The highest BCUT2D eigenvalue weighted by molar-refractivity contribution is 6.18. The van der Waals surface area contributed by atoms with E-state index < -0.39 is 17.7 Å². The number of hydrogen-bond acceptors (Lipinski definition) is 7. The van der Waals surface area contributed by atoms with E-state index in [0.717, 1.165) is 45.0 Å². The van der Waals surface area contributed by atoms with Crippen molar-refractivity contribution in [1.29, 1.82) is 0 Å². The molecule has 0 saturated carbocycles. The first-order valence-electron chi connectivity index (χ1n) is 9.72. The van der Waals surface area contributed by atoms with Gasteiger partial charge in [0, 0.05) is 46.6 Å². The standard InChI is InChI=1S/C21H28N2O5/c1-4-22-9-11-23(12-10-22)13-14-26-17-7-5-16(6-8-17)15-18-19(24)27-21(2,3)28-20(18)25/h5-8,15H,4,9-14H2,1-3H3. The Labute approximate surface area is 165 Å². The lowest BCUT2D eigenvalue weighted by atomic mass is 10.1. The van der Waals surface area contributed by atoms with Gasteiger partial charge in [-0.05, 0) is 30.3 Å². The molecule has 0 spiro atoms. The second-order valence-electron chi connectivity index (χ2n) is 7.43. The van der Waals surface area contributed by atoms with Gasteiger partial charge in [-0.25, -0.2) is 9.59 Å². The number of rotatable bonds is 6. The van der Waals surface area contributed by atoms with Gasteiger partial charge in [0.25, 0.3) is 5.79 Å². The van der Waals surface area contributed by atoms with Crippen LogP contribution in [0.3, 0.4) is 0 Å². The fraction of sp³-hybridized carbons (Fsp3) is 0.524. The first-order valence-corrected chi connectivity index (χ1v) is 9.72. The van der Waals surface area contributed by atoms with E-state index in [0.29, 0.717) is 12.2 Å². The van der Waals surface area contributed by atoms with E-state index in [1.807, 2.05) is 12.1 Å². The van der Waals surface area contributed by atoms with Crippen LogP contribution in [0.15, 0.2) is 29.8 Å². The van der Waals surface area contributed by atoms with Gasteiger partial charge in [-0.2, -0.15) is 0 Å². The van der Waals surface area contributed by atoms with E-state index in [1.54, 1.807) is 12.1 Å². The van der Waals surface area contributed by atoms with E-state index in [4.69, 9.17) is 14.2 Å². The molecular weight excluding hydrogens is 360 g/mol. The van der Waals surface area contributed by atoms with Gasteiger partial charge < -0.3 is 19.1 Å². The molecule has 2 aliphatic heterocycles. The van der Waals surface area contributed by atoms with Crippen molar-refractivity contribution in [1.82, 2.24) is 9.80 Å². The monoisotopic (exact) mass is 388 g/mol. The number of piperazine rings is 1. The molecule has 7 heteroatoms. The predicted octanol–water partition coefficient (Wildman–Crippen LogP) is 1.92. The highest BCUT2D eigenvalue weighted by Gasteiger charge is 2.38. The Balaban J connectivity index is 1.50. The molecule has 0 radical (unpaired) electrons. The van der Waals surface area contributed by atoms with Crippen LogP contribution in [0.2, 0.25) is 0 Å². The first kappa shape index (κ1) is 20.4. The van der Waals surface area contributed by atoms with Crippen LogP contribution in [0.25, 0.3) is 6.08 Å². The summed E-state index contributed by atoms with van der Waals surface area (Å²) < 4.78 is 16.0. The molecule has 2 fully saturated rings.